The molecule has 0 spiro atoms. The fourth-order valence-electron chi connectivity index (χ4n) is 2.01. The Bertz CT molecular complexity index is 428. The maximum Gasteiger partial charge on any atom is 0.341 e. The monoisotopic (exact) mass is 233 g/mol. The molecule has 17 heavy (non-hydrogen) atoms. The summed E-state index contributed by atoms with van der Waals surface area (Å²) in [6.07, 6.45) is 6.29. The van der Waals surface area contributed by atoms with E-state index in [2.05, 4.69) is 41.9 Å². The molecule has 0 bridgehead atoms. The van der Waals surface area contributed by atoms with Crippen molar-refractivity contribution in [3.63, 3.8) is 0 Å². The van der Waals surface area contributed by atoms with E-state index >= 15 is 0 Å². The van der Waals surface area contributed by atoms with E-state index in [1.807, 2.05) is 0 Å². The maximum atomic E-state index is 11.3. The highest BCUT2D eigenvalue weighted by molar-refractivity contribution is 5.88. The van der Waals surface area contributed by atoms with Crippen LogP contribution in [0.1, 0.15) is 43.4 Å². The number of hydrogen-bond donors (Lipinski definition) is 0. The van der Waals surface area contributed by atoms with Crippen LogP contribution in [0.4, 0.5) is 0 Å². The van der Waals surface area contributed by atoms with Gasteiger partial charge in [0.15, 0.2) is 0 Å². The van der Waals surface area contributed by atoms with Crippen molar-refractivity contribution < 1.29 is 9.53 Å². The Morgan fingerprint density at radius 3 is 2.24 bits per heavy atom. The van der Waals surface area contributed by atoms with Gasteiger partial charge in [0, 0.05) is 17.8 Å². The summed E-state index contributed by atoms with van der Waals surface area (Å²) in [4.78, 5) is 19.9. The van der Waals surface area contributed by atoms with Crippen molar-refractivity contribution in [1.29, 1.82) is 0 Å². The Morgan fingerprint density at radius 2 is 1.88 bits per heavy atom. The zero-order valence-corrected chi connectivity index (χ0v) is 10.7. The molecule has 0 aliphatic heterocycles. The summed E-state index contributed by atoms with van der Waals surface area (Å²) < 4.78 is 4.62. The van der Waals surface area contributed by atoms with E-state index in [-0.39, 0.29) is 10.8 Å². The molecule has 1 aromatic rings. The molecule has 1 aliphatic rings. The van der Waals surface area contributed by atoms with E-state index in [0.29, 0.717) is 5.56 Å². The smallest absolute Gasteiger partial charge is 0.341 e. The molecule has 4 heteroatoms. The van der Waals surface area contributed by atoms with E-state index in [9.17, 15) is 4.79 Å². The van der Waals surface area contributed by atoms with Crippen molar-refractivity contribution >= 4 is 5.97 Å². The molecule has 1 aliphatic carbocycles. The zero-order chi connectivity index (χ0) is 12.7. The van der Waals surface area contributed by atoms with Crippen LogP contribution in [0.25, 0.3) is 0 Å². The number of methoxy groups -OCH3 is 1. The Morgan fingerprint density at radius 1 is 1.35 bits per heavy atom. The molecule has 0 saturated heterocycles. The predicted octanol–water partition coefficient (Wildman–Crippen LogP) is 2.16. The van der Waals surface area contributed by atoms with Gasteiger partial charge in [0.25, 0.3) is 0 Å². The summed E-state index contributed by atoms with van der Waals surface area (Å²) in [6.45, 7) is 6.52. The van der Waals surface area contributed by atoms with Gasteiger partial charge in [-0.2, -0.15) is 0 Å². The average Bonchev–Trinajstić information content (AvgIpc) is 3.08. The third-order valence-electron chi connectivity index (χ3n) is 3.42. The van der Waals surface area contributed by atoms with Crippen LogP contribution < -0.4 is 0 Å². The third-order valence-corrected chi connectivity index (χ3v) is 3.42. The lowest BCUT2D eigenvalue weighted by Gasteiger charge is -2.29. The van der Waals surface area contributed by atoms with Crippen LogP contribution >= 0.6 is 0 Å². The molecule has 0 amide bonds. The van der Waals surface area contributed by atoms with Crippen molar-refractivity contribution in [2.45, 2.75) is 32.6 Å². The second-order valence-corrected chi connectivity index (χ2v) is 5.42. The molecular formula is C13H17N2O2. The van der Waals surface area contributed by atoms with Crippen LogP contribution in [0, 0.1) is 11.8 Å². The van der Waals surface area contributed by atoms with Gasteiger partial charge in [-0.3, -0.25) is 0 Å². The topological polar surface area (TPSA) is 52.1 Å². The standard InChI is InChI=1S/C13H17N2O2/c1-12(2,3)13(5-6-13)11-14-7-9(8-15-11)10(16)17-4/h5,7-8H,6H2,1-4H3. The molecule has 1 radical (unpaired) electrons. The normalized spacial score (nSPS) is 17.6. The van der Waals surface area contributed by atoms with Crippen LogP contribution in [-0.4, -0.2) is 23.0 Å². The van der Waals surface area contributed by atoms with Crippen molar-refractivity contribution in [1.82, 2.24) is 9.97 Å². The second kappa shape index (κ2) is 3.79. The van der Waals surface area contributed by atoms with Crippen molar-refractivity contribution in [2.24, 2.45) is 5.41 Å². The lowest BCUT2D eigenvalue weighted by molar-refractivity contribution is 0.0599. The van der Waals surface area contributed by atoms with Crippen molar-refractivity contribution in [2.75, 3.05) is 7.11 Å². The molecule has 0 N–H and O–H groups in total. The van der Waals surface area contributed by atoms with E-state index in [1.165, 1.54) is 19.5 Å². The molecule has 1 fully saturated rings. The number of rotatable bonds is 2. The van der Waals surface area contributed by atoms with E-state index in [1.54, 1.807) is 0 Å². The van der Waals surface area contributed by atoms with E-state index in [0.717, 1.165) is 12.2 Å². The first-order valence-corrected chi connectivity index (χ1v) is 5.66. The van der Waals surface area contributed by atoms with Gasteiger partial charge in [-0.25, -0.2) is 14.8 Å². The molecule has 0 aromatic carbocycles. The molecule has 2 rings (SSSR count). The number of hydrogen-bond acceptors (Lipinski definition) is 4. The SMILES string of the molecule is COC(=O)c1cnc(C2(C(C)(C)C)[CH]C2)nc1. The first-order chi connectivity index (χ1) is 7.90. The number of carbonyl (C=O) groups excluding carboxylic acids is 1. The highest BCUT2D eigenvalue weighted by atomic mass is 16.5. The first-order valence-electron chi connectivity index (χ1n) is 5.66. The summed E-state index contributed by atoms with van der Waals surface area (Å²) in [5.74, 6) is 0.388. The summed E-state index contributed by atoms with van der Waals surface area (Å²) in [5, 5.41) is 0. The molecule has 1 unspecified atom stereocenters. The van der Waals surface area contributed by atoms with Crippen LogP contribution in [0.3, 0.4) is 0 Å². The van der Waals surface area contributed by atoms with Gasteiger partial charge < -0.3 is 4.74 Å². The summed E-state index contributed by atoms with van der Waals surface area (Å²) in [7, 11) is 1.35. The first kappa shape index (κ1) is 12.0. The lowest BCUT2D eigenvalue weighted by atomic mass is 9.77. The number of nitrogens with zero attached hydrogens (tertiary/aromatic N) is 2. The Labute approximate surface area is 101 Å². The highest BCUT2D eigenvalue weighted by Crippen LogP contribution is 2.57. The zero-order valence-electron chi connectivity index (χ0n) is 10.7. The molecular weight excluding hydrogens is 216 g/mol. The largest absolute Gasteiger partial charge is 0.465 e. The second-order valence-electron chi connectivity index (χ2n) is 5.42. The number of carbonyl (C=O) groups is 1. The van der Waals surface area contributed by atoms with Crippen LogP contribution in [0.5, 0.6) is 0 Å². The number of aromatic nitrogens is 2. The number of esters is 1. The van der Waals surface area contributed by atoms with E-state index in [4.69, 9.17) is 0 Å². The summed E-state index contributed by atoms with van der Waals surface area (Å²) >= 11 is 0. The van der Waals surface area contributed by atoms with Gasteiger partial charge >= 0.3 is 5.97 Å². The van der Waals surface area contributed by atoms with Crippen LogP contribution in [0.2, 0.25) is 0 Å². The quantitative estimate of drug-likeness (QED) is 0.734. The van der Waals surface area contributed by atoms with Crippen molar-refractivity contribution in [3.8, 4) is 0 Å². The van der Waals surface area contributed by atoms with Gasteiger partial charge in [-0.15, -0.1) is 0 Å². The molecule has 1 atom stereocenters. The maximum absolute atomic E-state index is 11.3. The lowest BCUT2D eigenvalue weighted by Crippen LogP contribution is -2.28. The van der Waals surface area contributed by atoms with Gasteiger partial charge in [-0.1, -0.05) is 20.8 Å². The summed E-state index contributed by atoms with van der Waals surface area (Å²) in [6, 6.07) is 0. The fourth-order valence-corrected chi connectivity index (χ4v) is 2.01. The summed E-state index contributed by atoms with van der Waals surface area (Å²) in [5.41, 5.74) is 0.447. The Hall–Kier alpha value is -1.45. The third kappa shape index (κ3) is 1.92. The van der Waals surface area contributed by atoms with Gasteiger partial charge in [0.1, 0.15) is 5.82 Å². The fraction of sp³-hybridized carbons (Fsp3) is 0.538. The van der Waals surface area contributed by atoms with Crippen LogP contribution in [-0.2, 0) is 10.2 Å². The van der Waals surface area contributed by atoms with Gasteiger partial charge in [-0.05, 0) is 18.3 Å². The molecule has 1 aromatic heterocycles. The number of ether oxygens (including phenoxy) is 1. The van der Waals surface area contributed by atoms with Gasteiger partial charge in [0.2, 0.25) is 0 Å². The Kier molecular flexibility index (Phi) is 2.68. The van der Waals surface area contributed by atoms with Crippen molar-refractivity contribution in [3.05, 3.63) is 30.2 Å². The molecule has 91 valence electrons. The minimum Gasteiger partial charge on any atom is -0.465 e. The minimum atomic E-state index is -0.402. The highest BCUT2D eigenvalue weighted by Gasteiger charge is 2.55. The Balaban J connectivity index is 2.28. The van der Waals surface area contributed by atoms with E-state index < -0.39 is 5.97 Å². The minimum absolute atomic E-state index is 0.0400. The van der Waals surface area contributed by atoms with Crippen LogP contribution in [0.15, 0.2) is 12.4 Å². The average molecular weight is 233 g/mol. The predicted molar refractivity (Wildman–Crippen MR) is 63.4 cm³/mol. The molecule has 1 heterocycles. The van der Waals surface area contributed by atoms with Gasteiger partial charge in [0.05, 0.1) is 12.7 Å². The molecule has 1 saturated carbocycles. The molecule has 4 nitrogen and oxygen atoms in total.